The van der Waals surface area contributed by atoms with Crippen LogP contribution in [0.3, 0.4) is 0 Å². The topological polar surface area (TPSA) is 63.6 Å². The van der Waals surface area contributed by atoms with Gasteiger partial charge >= 0.3 is 5.97 Å². The monoisotopic (exact) mass is 344 g/mol. The van der Waals surface area contributed by atoms with Gasteiger partial charge in [0.25, 0.3) is 5.67 Å². The van der Waals surface area contributed by atoms with Crippen molar-refractivity contribution in [2.45, 2.75) is 32.2 Å². The highest BCUT2D eigenvalue weighted by Gasteiger charge is 2.46. The first kappa shape index (κ1) is 18.8. The molecule has 0 radical (unpaired) electrons. The molecular formula is C20H21FO4. The maximum absolute atomic E-state index is 14.8. The lowest BCUT2D eigenvalue weighted by Crippen LogP contribution is -2.45. The first-order valence-corrected chi connectivity index (χ1v) is 8.01. The van der Waals surface area contributed by atoms with Crippen molar-refractivity contribution in [3.63, 3.8) is 0 Å². The van der Waals surface area contributed by atoms with E-state index in [9.17, 15) is 19.1 Å². The van der Waals surface area contributed by atoms with E-state index < -0.39 is 29.4 Å². The van der Waals surface area contributed by atoms with Gasteiger partial charge in [-0.05, 0) is 18.1 Å². The molecule has 0 heterocycles. The summed E-state index contributed by atoms with van der Waals surface area (Å²) < 4.78 is 19.7. The summed E-state index contributed by atoms with van der Waals surface area (Å²) in [6.45, 7) is 2.14. The van der Waals surface area contributed by atoms with Crippen LogP contribution in [0, 0.1) is 5.92 Å². The molecule has 5 heteroatoms. The molecule has 25 heavy (non-hydrogen) atoms. The Kier molecular flexibility index (Phi) is 6.04. The number of hydrogen-bond acceptors (Lipinski definition) is 4. The van der Waals surface area contributed by atoms with Gasteiger partial charge in [0.15, 0.2) is 5.78 Å². The van der Waals surface area contributed by atoms with Crippen LogP contribution in [0.1, 0.15) is 31.1 Å². The third kappa shape index (κ3) is 4.51. The highest BCUT2D eigenvalue weighted by Crippen LogP contribution is 2.28. The number of carbonyl (C=O) groups excluding carboxylic acids is 2. The van der Waals surface area contributed by atoms with E-state index in [1.807, 2.05) is 0 Å². The second kappa shape index (κ2) is 8.03. The van der Waals surface area contributed by atoms with Crippen molar-refractivity contribution in [1.29, 1.82) is 0 Å². The normalized spacial score (nSPS) is 15.7. The van der Waals surface area contributed by atoms with Gasteiger partial charge in [-0.1, -0.05) is 67.6 Å². The van der Waals surface area contributed by atoms with Crippen LogP contribution in [0.4, 0.5) is 4.39 Å². The summed E-state index contributed by atoms with van der Waals surface area (Å²) in [6.07, 6.45) is -1.20. The lowest BCUT2D eigenvalue weighted by Gasteiger charge is -2.24. The van der Waals surface area contributed by atoms with Gasteiger partial charge in [-0.25, -0.2) is 9.18 Å². The van der Waals surface area contributed by atoms with Crippen molar-refractivity contribution < 1.29 is 23.8 Å². The van der Waals surface area contributed by atoms with Gasteiger partial charge in [-0.3, -0.25) is 4.79 Å². The minimum atomic E-state index is -2.83. The minimum absolute atomic E-state index is 0.123. The van der Waals surface area contributed by atoms with Crippen LogP contribution >= 0.6 is 0 Å². The van der Waals surface area contributed by atoms with E-state index in [4.69, 9.17) is 4.74 Å². The molecule has 132 valence electrons. The van der Waals surface area contributed by atoms with E-state index in [-0.39, 0.29) is 6.61 Å². The smallest absolute Gasteiger partial charge is 0.351 e. The summed E-state index contributed by atoms with van der Waals surface area (Å²) in [5.74, 6) is -3.36. The summed E-state index contributed by atoms with van der Waals surface area (Å²) in [7, 11) is 0. The van der Waals surface area contributed by atoms with Gasteiger partial charge in [0.05, 0.1) is 6.10 Å². The molecule has 2 rings (SSSR count). The van der Waals surface area contributed by atoms with Crippen LogP contribution in [0.2, 0.25) is 0 Å². The fraction of sp³-hybridized carbons (Fsp3) is 0.300. The number of Topliss-reactive ketones (excluding diaryl/α,β-unsaturated/α-hetero) is 1. The van der Waals surface area contributed by atoms with Crippen LogP contribution in [-0.4, -0.2) is 22.5 Å². The van der Waals surface area contributed by atoms with E-state index in [2.05, 4.69) is 0 Å². The Balaban J connectivity index is 2.03. The van der Waals surface area contributed by atoms with Crippen LogP contribution < -0.4 is 0 Å². The first-order chi connectivity index (χ1) is 11.8. The largest absolute Gasteiger partial charge is 0.458 e. The zero-order valence-electron chi connectivity index (χ0n) is 14.2. The number of ether oxygens (including phenoxy) is 1. The van der Waals surface area contributed by atoms with E-state index in [0.717, 1.165) is 6.92 Å². The first-order valence-electron chi connectivity index (χ1n) is 8.01. The van der Waals surface area contributed by atoms with Crippen LogP contribution in [0.15, 0.2) is 60.7 Å². The lowest BCUT2D eigenvalue weighted by atomic mass is 9.86. The number of alkyl halides is 1. The molecule has 2 aromatic rings. The zero-order valence-corrected chi connectivity index (χ0v) is 14.2. The van der Waals surface area contributed by atoms with Gasteiger partial charge < -0.3 is 9.84 Å². The molecule has 4 nitrogen and oxygen atoms in total. The maximum Gasteiger partial charge on any atom is 0.351 e. The summed E-state index contributed by atoms with van der Waals surface area (Å²) in [6, 6.07) is 17.2. The second-order valence-corrected chi connectivity index (χ2v) is 6.07. The highest BCUT2D eigenvalue weighted by molar-refractivity contribution is 6.07. The molecule has 0 bridgehead atoms. The van der Waals surface area contributed by atoms with Crippen LogP contribution in [-0.2, 0) is 20.9 Å². The molecule has 0 spiro atoms. The van der Waals surface area contributed by atoms with Crippen LogP contribution in [0.5, 0.6) is 0 Å². The molecule has 0 aliphatic heterocycles. The molecule has 0 aliphatic carbocycles. The Hall–Kier alpha value is -2.53. The Labute approximate surface area is 146 Å². The quantitative estimate of drug-likeness (QED) is 0.618. The molecular weight excluding hydrogens is 323 g/mol. The van der Waals surface area contributed by atoms with Gasteiger partial charge in [0.1, 0.15) is 6.61 Å². The Morgan fingerprint density at radius 1 is 1.08 bits per heavy atom. The molecule has 1 N–H and O–H groups in total. The number of esters is 1. The van der Waals surface area contributed by atoms with E-state index >= 15 is 0 Å². The number of benzene rings is 2. The number of carbonyl (C=O) groups is 2. The van der Waals surface area contributed by atoms with Crippen molar-refractivity contribution in [1.82, 2.24) is 0 Å². The van der Waals surface area contributed by atoms with Crippen molar-refractivity contribution in [3.8, 4) is 0 Å². The van der Waals surface area contributed by atoms with E-state index in [1.165, 1.54) is 6.92 Å². The number of aliphatic hydroxyl groups is 1. The third-order valence-electron chi connectivity index (χ3n) is 4.09. The molecule has 0 amide bonds. The molecule has 2 aromatic carbocycles. The number of rotatable bonds is 7. The fourth-order valence-corrected chi connectivity index (χ4v) is 2.47. The Bertz CT molecular complexity index is 713. The van der Waals surface area contributed by atoms with Crippen LogP contribution in [0.25, 0.3) is 0 Å². The third-order valence-corrected chi connectivity index (χ3v) is 4.09. The predicted molar refractivity (Wildman–Crippen MR) is 91.3 cm³/mol. The lowest BCUT2D eigenvalue weighted by molar-refractivity contribution is -0.164. The summed E-state index contributed by atoms with van der Waals surface area (Å²) in [4.78, 5) is 24.4. The van der Waals surface area contributed by atoms with Crippen molar-refractivity contribution in [2.75, 3.05) is 0 Å². The fourth-order valence-electron chi connectivity index (χ4n) is 2.47. The van der Waals surface area contributed by atoms with Crippen molar-refractivity contribution >= 4 is 11.8 Å². The van der Waals surface area contributed by atoms with E-state index in [0.29, 0.717) is 11.1 Å². The van der Waals surface area contributed by atoms with Gasteiger partial charge in [-0.15, -0.1) is 0 Å². The van der Waals surface area contributed by atoms with E-state index in [1.54, 1.807) is 60.7 Å². The molecule has 0 aliphatic rings. The summed E-state index contributed by atoms with van der Waals surface area (Å²) >= 11 is 0. The van der Waals surface area contributed by atoms with Gasteiger partial charge in [0.2, 0.25) is 0 Å². The second-order valence-electron chi connectivity index (χ2n) is 6.07. The van der Waals surface area contributed by atoms with Gasteiger partial charge in [0, 0.05) is 5.92 Å². The average molecular weight is 344 g/mol. The Morgan fingerprint density at radius 3 is 2.16 bits per heavy atom. The SMILES string of the molecule is C[C@H](C(=O)[C@@](C)(F)C(=O)OCc1ccccc1)[C@H](O)c1ccccc1. The number of hydrogen-bond donors (Lipinski definition) is 1. The van der Waals surface area contributed by atoms with Gasteiger partial charge in [-0.2, -0.15) is 0 Å². The average Bonchev–Trinajstić information content (AvgIpc) is 2.65. The molecule has 0 saturated heterocycles. The Morgan fingerprint density at radius 2 is 1.60 bits per heavy atom. The maximum atomic E-state index is 14.8. The molecule has 0 unspecified atom stereocenters. The molecule has 0 saturated carbocycles. The molecule has 0 fully saturated rings. The van der Waals surface area contributed by atoms with Crippen molar-refractivity contribution in [3.05, 3.63) is 71.8 Å². The number of ketones is 1. The zero-order chi connectivity index (χ0) is 18.4. The molecule has 3 atom stereocenters. The van der Waals surface area contributed by atoms with Crippen molar-refractivity contribution in [2.24, 2.45) is 5.92 Å². The minimum Gasteiger partial charge on any atom is -0.458 e. The number of aliphatic hydroxyl groups excluding tert-OH is 1. The summed E-state index contributed by atoms with van der Waals surface area (Å²) in [5.41, 5.74) is -1.66. The predicted octanol–water partition coefficient (Wildman–Crippen LogP) is 3.40. The number of halogens is 1. The summed E-state index contributed by atoms with van der Waals surface area (Å²) in [5, 5.41) is 10.3. The standard InChI is InChI=1S/C20H21FO4/c1-14(17(22)16-11-7-4-8-12-16)18(23)20(2,21)19(24)25-13-15-9-5-3-6-10-15/h3-12,14,17,22H,13H2,1-2H3/t14-,17-,20+/m0/s1. The molecule has 0 aromatic heterocycles. The highest BCUT2D eigenvalue weighted by atomic mass is 19.1.